The first kappa shape index (κ1) is 23.5. The van der Waals surface area contributed by atoms with Crippen molar-refractivity contribution in [1.29, 1.82) is 0 Å². The van der Waals surface area contributed by atoms with Crippen LogP contribution in [0.25, 0.3) is 5.57 Å². The Kier molecular flexibility index (Phi) is 7.94. The van der Waals surface area contributed by atoms with Crippen molar-refractivity contribution in [1.82, 2.24) is 4.90 Å². The second-order valence-corrected chi connectivity index (χ2v) is 8.16. The number of rotatable bonds is 7. The number of hydrogen-bond acceptors (Lipinski definition) is 5. The van der Waals surface area contributed by atoms with Crippen LogP contribution in [0.3, 0.4) is 0 Å². The van der Waals surface area contributed by atoms with E-state index in [1.165, 1.54) is 12.1 Å². The molecule has 0 aromatic heterocycles. The summed E-state index contributed by atoms with van der Waals surface area (Å²) in [6.07, 6.45) is 2.81. The van der Waals surface area contributed by atoms with Crippen molar-refractivity contribution in [2.45, 2.75) is 6.42 Å². The third-order valence-electron chi connectivity index (χ3n) is 4.97. The van der Waals surface area contributed by atoms with Crippen molar-refractivity contribution in [2.75, 3.05) is 46.3 Å². The Labute approximate surface area is 196 Å². The summed E-state index contributed by atoms with van der Waals surface area (Å²) in [5.41, 5.74) is 2.35. The van der Waals surface area contributed by atoms with Crippen LogP contribution in [0.1, 0.15) is 12.0 Å². The molecule has 166 valence electrons. The van der Waals surface area contributed by atoms with E-state index < -0.39 is 0 Å². The van der Waals surface area contributed by atoms with Crippen LogP contribution in [0.4, 0.5) is 5.69 Å². The van der Waals surface area contributed by atoms with E-state index in [0.717, 1.165) is 17.6 Å². The lowest BCUT2D eigenvalue weighted by molar-refractivity contribution is -0.117. The number of halogens is 3. The molecule has 0 bridgehead atoms. The summed E-state index contributed by atoms with van der Waals surface area (Å²) in [4.78, 5) is 14.5. The Balaban J connectivity index is 1.70. The molecular weight excluding hydrogens is 463 g/mol. The molecule has 9 heteroatoms. The first-order chi connectivity index (χ1) is 14.9. The Bertz CT molecular complexity index is 962. The van der Waals surface area contributed by atoms with Crippen LogP contribution in [-0.2, 0) is 4.79 Å². The highest BCUT2D eigenvalue weighted by atomic mass is 35.5. The first-order valence-electron chi connectivity index (χ1n) is 9.52. The number of hydrogen-bond donors (Lipinski definition) is 1. The highest BCUT2D eigenvalue weighted by molar-refractivity contribution is 6.42. The normalized spacial score (nSPS) is 14.1. The maximum atomic E-state index is 12.5. The Hall–Kier alpha value is -2.12. The fraction of sp³-hybridized carbons (Fsp3) is 0.318. The summed E-state index contributed by atoms with van der Waals surface area (Å²) in [7, 11) is 4.83. The third-order valence-corrected chi connectivity index (χ3v) is 5.78. The zero-order valence-electron chi connectivity index (χ0n) is 17.4. The van der Waals surface area contributed by atoms with Gasteiger partial charge in [0.2, 0.25) is 5.91 Å². The molecule has 0 spiro atoms. The summed E-state index contributed by atoms with van der Waals surface area (Å²) in [6, 6.07) is 6.74. The molecule has 0 unspecified atom stereocenters. The molecule has 1 heterocycles. The molecule has 1 aliphatic rings. The molecule has 2 aromatic rings. The quantitative estimate of drug-likeness (QED) is 0.569. The van der Waals surface area contributed by atoms with Gasteiger partial charge in [0.1, 0.15) is 17.2 Å². The number of amides is 1. The SMILES string of the molecule is COc1cc(OC)c(C2=CCN(CC(=O)Nc3c(Cl)cc(Cl)cc3Cl)CC2)c(OC)c1. The average Bonchev–Trinajstić information content (AvgIpc) is 2.75. The van der Waals surface area contributed by atoms with Gasteiger partial charge in [0, 0.05) is 30.2 Å². The van der Waals surface area contributed by atoms with Gasteiger partial charge >= 0.3 is 0 Å². The molecule has 1 amide bonds. The van der Waals surface area contributed by atoms with Crippen LogP contribution in [0.2, 0.25) is 15.1 Å². The van der Waals surface area contributed by atoms with Gasteiger partial charge < -0.3 is 19.5 Å². The molecule has 0 radical (unpaired) electrons. The van der Waals surface area contributed by atoms with Crippen LogP contribution >= 0.6 is 34.8 Å². The lowest BCUT2D eigenvalue weighted by Crippen LogP contribution is -2.36. The third kappa shape index (κ3) is 5.57. The number of ether oxygens (including phenoxy) is 3. The maximum Gasteiger partial charge on any atom is 0.238 e. The van der Waals surface area contributed by atoms with Gasteiger partial charge in [0.15, 0.2) is 0 Å². The van der Waals surface area contributed by atoms with Gasteiger partial charge in [-0.25, -0.2) is 0 Å². The standard InChI is InChI=1S/C22H23Cl3N2O4/c1-29-15-10-18(30-2)21(19(11-15)31-3)13-4-6-27(7-5-13)12-20(28)26-22-16(24)8-14(23)9-17(22)25/h4,8-11H,5-7,12H2,1-3H3,(H,26,28). The highest BCUT2D eigenvalue weighted by Gasteiger charge is 2.22. The minimum Gasteiger partial charge on any atom is -0.496 e. The molecule has 1 aliphatic heterocycles. The van der Waals surface area contributed by atoms with Crippen molar-refractivity contribution in [3.63, 3.8) is 0 Å². The monoisotopic (exact) mass is 484 g/mol. The van der Waals surface area contributed by atoms with Gasteiger partial charge in [0.25, 0.3) is 0 Å². The zero-order chi connectivity index (χ0) is 22.5. The number of anilines is 1. The summed E-state index contributed by atoms with van der Waals surface area (Å²) in [5, 5.41) is 3.77. The minimum absolute atomic E-state index is 0.204. The largest absolute Gasteiger partial charge is 0.496 e. The minimum atomic E-state index is -0.206. The van der Waals surface area contributed by atoms with E-state index in [1.807, 2.05) is 17.0 Å². The smallest absolute Gasteiger partial charge is 0.238 e. The predicted octanol–water partition coefficient (Wildman–Crippen LogP) is 5.40. The Morgan fingerprint density at radius 1 is 1.00 bits per heavy atom. The molecule has 3 rings (SSSR count). The number of nitrogens with one attached hydrogen (secondary N) is 1. The van der Waals surface area contributed by atoms with Gasteiger partial charge in [-0.2, -0.15) is 0 Å². The van der Waals surface area contributed by atoms with Gasteiger partial charge in [0.05, 0.1) is 49.2 Å². The van der Waals surface area contributed by atoms with E-state index in [-0.39, 0.29) is 12.5 Å². The molecule has 1 N–H and O–H groups in total. The Morgan fingerprint density at radius 3 is 2.10 bits per heavy atom. The molecule has 6 nitrogen and oxygen atoms in total. The summed E-state index contributed by atoms with van der Waals surface area (Å²) >= 11 is 18.2. The number of carbonyl (C=O) groups is 1. The van der Waals surface area contributed by atoms with Crippen molar-refractivity contribution in [3.05, 3.63) is 51.0 Å². The summed E-state index contributed by atoms with van der Waals surface area (Å²) in [6.45, 7) is 1.50. The van der Waals surface area contributed by atoms with E-state index >= 15 is 0 Å². The van der Waals surface area contributed by atoms with Crippen molar-refractivity contribution < 1.29 is 19.0 Å². The van der Waals surface area contributed by atoms with Gasteiger partial charge in [-0.15, -0.1) is 0 Å². The van der Waals surface area contributed by atoms with E-state index in [9.17, 15) is 4.79 Å². The lowest BCUT2D eigenvalue weighted by Gasteiger charge is -2.27. The van der Waals surface area contributed by atoms with Crippen LogP contribution in [0.5, 0.6) is 17.2 Å². The van der Waals surface area contributed by atoms with E-state index in [2.05, 4.69) is 11.4 Å². The molecular formula is C22H23Cl3N2O4. The number of carbonyl (C=O) groups excluding carboxylic acids is 1. The molecule has 0 saturated heterocycles. The number of benzene rings is 2. The molecule has 31 heavy (non-hydrogen) atoms. The van der Waals surface area contributed by atoms with Crippen molar-refractivity contribution in [2.24, 2.45) is 0 Å². The number of methoxy groups -OCH3 is 3. The van der Waals surface area contributed by atoms with Gasteiger partial charge in [-0.05, 0) is 24.1 Å². The molecule has 0 fully saturated rings. The van der Waals surface area contributed by atoms with E-state index in [1.54, 1.807) is 21.3 Å². The molecule has 0 atom stereocenters. The lowest BCUT2D eigenvalue weighted by atomic mass is 9.97. The number of nitrogens with zero attached hydrogens (tertiary/aromatic N) is 1. The van der Waals surface area contributed by atoms with Crippen molar-refractivity contribution in [3.8, 4) is 17.2 Å². The first-order valence-corrected chi connectivity index (χ1v) is 10.7. The molecule has 0 aliphatic carbocycles. The topological polar surface area (TPSA) is 60.0 Å². The van der Waals surface area contributed by atoms with Crippen molar-refractivity contribution >= 4 is 52.0 Å². The molecule has 2 aromatic carbocycles. The van der Waals surface area contributed by atoms with Crippen LogP contribution in [0.15, 0.2) is 30.3 Å². The Morgan fingerprint density at radius 2 is 1.61 bits per heavy atom. The zero-order valence-corrected chi connectivity index (χ0v) is 19.7. The summed E-state index contributed by atoms with van der Waals surface area (Å²) in [5.74, 6) is 1.82. The van der Waals surface area contributed by atoms with Crippen LogP contribution < -0.4 is 19.5 Å². The maximum absolute atomic E-state index is 12.5. The van der Waals surface area contributed by atoms with Crippen LogP contribution in [0, 0.1) is 0 Å². The average molecular weight is 486 g/mol. The fourth-order valence-corrected chi connectivity index (χ4v) is 4.36. The van der Waals surface area contributed by atoms with Gasteiger partial charge in [-0.3, -0.25) is 9.69 Å². The van der Waals surface area contributed by atoms with Crippen LogP contribution in [-0.4, -0.2) is 51.8 Å². The van der Waals surface area contributed by atoms with E-state index in [4.69, 9.17) is 49.0 Å². The predicted molar refractivity (Wildman–Crippen MR) is 125 cm³/mol. The second-order valence-electron chi connectivity index (χ2n) is 6.91. The highest BCUT2D eigenvalue weighted by Crippen LogP contribution is 2.41. The fourth-order valence-electron chi connectivity index (χ4n) is 3.45. The van der Waals surface area contributed by atoms with E-state index in [0.29, 0.717) is 51.1 Å². The van der Waals surface area contributed by atoms with Gasteiger partial charge in [-0.1, -0.05) is 40.9 Å². The molecule has 0 saturated carbocycles. The summed E-state index contributed by atoms with van der Waals surface area (Å²) < 4.78 is 16.4. The second kappa shape index (κ2) is 10.5.